The highest BCUT2D eigenvalue weighted by Crippen LogP contribution is 2.41. The maximum absolute atomic E-state index is 13.6. The first-order chi connectivity index (χ1) is 15.1. The van der Waals surface area contributed by atoms with Crippen LogP contribution in [0.25, 0.3) is 11.1 Å². The zero-order chi connectivity index (χ0) is 23.1. The smallest absolute Gasteiger partial charge is 0.329 e. The van der Waals surface area contributed by atoms with Crippen molar-refractivity contribution in [1.82, 2.24) is 26.8 Å². The molecule has 174 valence electrons. The van der Waals surface area contributed by atoms with E-state index in [1.807, 2.05) is 12.1 Å². The van der Waals surface area contributed by atoms with Crippen LogP contribution in [0.2, 0.25) is 0 Å². The van der Waals surface area contributed by atoms with Crippen LogP contribution in [-0.2, 0) is 16.2 Å². The molecule has 0 spiro atoms. The summed E-state index contributed by atoms with van der Waals surface area (Å²) >= 11 is 0. The van der Waals surface area contributed by atoms with E-state index in [-0.39, 0.29) is 5.56 Å². The second-order valence-corrected chi connectivity index (χ2v) is 9.28. The van der Waals surface area contributed by atoms with Gasteiger partial charge in [-0.2, -0.15) is 24.2 Å². The molecule has 2 aromatic carbocycles. The number of nitrogens with one attached hydrogen (secondary N) is 4. The molecular formula is C19H24F3N7O2S. The van der Waals surface area contributed by atoms with Crippen molar-refractivity contribution < 1.29 is 21.6 Å². The average molecular weight is 472 g/mol. The summed E-state index contributed by atoms with van der Waals surface area (Å²) in [7, 11) is -4.71. The van der Waals surface area contributed by atoms with Crippen LogP contribution in [-0.4, -0.2) is 39.5 Å². The third-order valence-electron chi connectivity index (χ3n) is 5.67. The lowest BCUT2D eigenvalue weighted by Crippen LogP contribution is -2.46. The summed E-state index contributed by atoms with van der Waals surface area (Å²) in [6, 6.07) is 9.37. The maximum Gasteiger partial charge on any atom is 0.417 e. The van der Waals surface area contributed by atoms with Crippen LogP contribution in [0.1, 0.15) is 28.8 Å². The molecule has 0 amide bonds. The fraction of sp³-hybridized carbons (Fsp3) is 0.368. The van der Waals surface area contributed by atoms with Crippen molar-refractivity contribution in [3.8, 4) is 11.1 Å². The zero-order valence-corrected chi connectivity index (χ0v) is 17.7. The van der Waals surface area contributed by atoms with Crippen LogP contribution in [0.4, 0.5) is 13.2 Å². The molecule has 4 rings (SSSR count). The number of hydrazine groups is 3. The first-order valence-corrected chi connectivity index (χ1v) is 11.4. The normalized spacial score (nSPS) is 18.8. The number of rotatable bonds is 6. The molecule has 13 heteroatoms. The van der Waals surface area contributed by atoms with Crippen molar-refractivity contribution in [1.29, 1.82) is 0 Å². The second kappa shape index (κ2) is 8.68. The van der Waals surface area contributed by atoms with Crippen LogP contribution < -0.4 is 32.8 Å². The lowest BCUT2D eigenvalue weighted by Gasteiger charge is -2.39. The number of nitrogens with two attached hydrogens (primary N) is 2. The van der Waals surface area contributed by atoms with Gasteiger partial charge in [-0.05, 0) is 22.8 Å². The molecule has 0 aliphatic carbocycles. The van der Waals surface area contributed by atoms with E-state index in [1.54, 1.807) is 12.1 Å². The summed E-state index contributed by atoms with van der Waals surface area (Å²) in [4.78, 5) is 1.26. The number of primary sulfonamides is 1. The monoisotopic (exact) mass is 471 g/mol. The van der Waals surface area contributed by atoms with Crippen molar-refractivity contribution in [2.24, 2.45) is 10.9 Å². The molecule has 2 saturated heterocycles. The van der Waals surface area contributed by atoms with E-state index in [2.05, 4.69) is 26.8 Å². The van der Waals surface area contributed by atoms with Crippen LogP contribution >= 0.6 is 0 Å². The Balaban J connectivity index is 1.77. The molecule has 0 unspecified atom stereocenters. The Bertz CT molecular complexity index is 1080. The van der Waals surface area contributed by atoms with Crippen molar-refractivity contribution in [2.45, 2.75) is 23.2 Å². The standard InChI is InChI=1S/C19H24F3N7O2S/c20-19(21,22)15-6-5-14(16(17(15)32(24,30)31)18-25-27-28-26-18)12-3-1-11(2-4-12)13-9-29(10-13)8-7-23/h1-6,13,18,25-28H,7-10,23H2,(H2,24,30,31). The SMILES string of the molecule is NCCN1CC(c2ccc(-c3ccc(C(F)(F)F)c(S(N)(=O)=O)c3C3NNNN3)cc2)C1. The van der Waals surface area contributed by atoms with E-state index < -0.39 is 32.8 Å². The van der Waals surface area contributed by atoms with Gasteiger partial charge >= 0.3 is 6.18 Å². The van der Waals surface area contributed by atoms with Crippen molar-refractivity contribution in [2.75, 3.05) is 26.2 Å². The van der Waals surface area contributed by atoms with E-state index in [0.717, 1.165) is 31.3 Å². The Morgan fingerprint density at radius 2 is 1.66 bits per heavy atom. The van der Waals surface area contributed by atoms with E-state index in [1.165, 1.54) is 6.07 Å². The molecule has 2 aliphatic rings. The maximum atomic E-state index is 13.6. The first-order valence-electron chi connectivity index (χ1n) is 9.90. The minimum atomic E-state index is -4.90. The number of benzene rings is 2. The summed E-state index contributed by atoms with van der Waals surface area (Å²) in [6.07, 6.45) is -5.89. The van der Waals surface area contributed by atoms with Crippen molar-refractivity contribution in [3.63, 3.8) is 0 Å². The third kappa shape index (κ3) is 4.51. The Morgan fingerprint density at radius 3 is 2.19 bits per heavy atom. The van der Waals surface area contributed by atoms with Gasteiger partial charge in [-0.1, -0.05) is 30.3 Å². The summed E-state index contributed by atoms with van der Waals surface area (Å²) in [5.74, 6) is 0.356. The number of alkyl halides is 3. The molecule has 8 N–H and O–H groups in total. The number of sulfonamides is 1. The van der Waals surface area contributed by atoms with Gasteiger partial charge in [0.25, 0.3) is 0 Å². The van der Waals surface area contributed by atoms with Crippen molar-refractivity contribution in [3.05, 3.63) is 53.1 Å². The minimum absolute atomic E-state index is 0.134. The molecule has 0 aromatic heterocycles. The van der Waals surface area contributed by atoms with Gasteiger partial charge in [0.05, 0.1) is 5.56 Å². The molecule has 0 saturated carbocycles. The van der Waals surface area contributed by atoms with Gasteiger partial charge in [0.2, 0.25) is 10.0 Å². The van der Waals surface area contributed by atoms with Crippen LogP contribution in [0.15, 0.2) is 41.3 Å². The number of hydrogen-bond acceptors (Lipinski definition) is 8. The first kappa shape index (κ1) is 23.1. The van der Waals surface area contributed by atoms with Crippen LogP contribution in [0.5, 0.6) is 0 Å². The highest BCUT2D eigenvalue weighted by atomic mass is 32.2. The molecule has 2 heterocycles. The zero-order valence-electron chi connectivity index (χ0n) is 16.9. The molecule has 9 nitrogen and oxygen atoms in total. The van der Waals surface area contributed by atoms with Gasteiger partial charge in [0, 0.05) is 37.7 Å². The van der Waals surface area contributed by atoms with Gasteiger partial charge in [-0.15, -0.1) is 0 Å². The average Bonchev–Trinajstić information content (AvgIpc) is 3.23. The number of nitrogens with zero attached hydrogens (tertiary/aromatic N) is 1. The summed E-state index contributed by atoms with van der Waals surface area (Å²) < 4.78 is 65.6. The van der Waals surface area contributed by atoms with Crippen molar-refractivity contribution >= 4 is 10.0 Å². The van der Waals surface area contributed by atoms with Gasteiger partial charge in [-0.25, -0.2) is 24.4 Å². The third-order valence-corrected chi connectivity index (χ3v) is 6.67. The summed E-state index contributed by atoms with van der Waals surface area (Å²) in [6.45, 7) is 3.22. The number of hydrogen-bond donors (Lipinski definition) is 6. The number of halogens is 3. The fourth-order valence-electron chi connectivity index (χ4n) is 4.15. The largest absolute Gasteiger partial charge is 0.417 e. The Morgan fingerprint density at radius 1 is 1.03 bits per heavy atom. The lowest BCUT2D eigenvalue weighted by atomic mass is 9.89. The molecule has 0 atom stereocenters. The van der Waals surface area contributed by atoms with E-state index in [0.29, 0.717) is 23.6 Å². The highest BCUT2D eigenvalue weighted by molar-refractivity contribution is 7.89. The molecule has 0 bridgehead atoms. The summed E-state index contributed by atoms with van der Waals surface area (Å²) in [5, 5.41) is 5.26. The van der Waals surface area contributed by atoms with Gasteiger partial charge in [-0.3, -0.25) is 0 Å². The lowest BCUT2D eigenvalue weighted by molar-refractivity contribution is -0.140. The quantitative estimate of drug-likeness (QED) is 0.358. The number of likely N-dealkylation sites (tertiary alicyclic amines) is 1. The predicted octanol–water partition coefficient (Wildman–Crippen LogP) is 0.493. The highest BCUT2D eigenvalue weighted by Gasteiger charge is 2.40. The predicted molar refractivity (Wildman–Crippen MR) is 112 cm³/mol. The van der Waals surface area contributed by atoms with Gasteiger partial charge in [0.1, 0.15) is 11.1 Å². The molecule has 2 fully saturated rings. The van der Waals surface area contributed by atoms with Gasteiger partial charge in [0.15, 0.2) is 0 Å². The topological polar surface area (TPSA) is 138 Å². The Hall–Kier alpha value is -2.10. The molecular weight excluding hydrogens is 447 g/mol. The Labute approximate surface area is 183 Å². The van der Waals surface area contributed by atoms with Crippen LogP contribution in [0.3, 0.4) is 0 Å². The van der Waals surface area contributed by atoms with Gasteiger partial charge < -0.3 is 10.6 Å². The molecule has 0 radical (unpaired) electrons. The van der Waals surface area contributed by atoms with E-state index >= 15 is 0 Å². The summed E-state index contributed by atoms with van der Waals surface area (Å²) in [5.41, 5.74) is 16.4. The Kier molecular flexibility index (Phi) is 6.26. The fourth-order valence-corrected chi connectivity index (χ4v) is 5.17. The minimum Gasteiger partial charge on any atom is -0.329 e. The van der Waals surface area contributed by atoms with E-state index in [9.17, 15) is 21.6 Å². The van der Waals surface area contributed by atoms with E-state index in [4.69, 9.17) is 10.9 Å². The second-order valence-electron chi connectivity index (χ2n) is 7.79. The molecule has 2 aromatic rings. The molecule has 2 aliphatic heterocycles. The molecule has 32 heavy (non-hydrogen) atoms. The van der Waals surface area contributed by atoms with Crippen LogP contribution in [0, 0.1) is 0 Å².